The second-order valence-electron chi connectivity index (χ2n) is 6.25. The molecule has 0 radical (unpaired) electrons. The lowest BCUT2D eigenvalue weighted by Crippen LogP contribution is -2.27. The summed E-state index contributed by atoms with van der Waals surface area (Å²) in [6.45, 7) is 2.06. The van der Waals surface area contributed by atoms with Gasteiger partial charge in [-0.2, -0.15) is 0 Å². The highest BCUT2D eigenvalue weighted by molar-refractivity contribution is 7.92. The minimum atomic E-state index is -3.10. The maximum absolute atomic E-state index is 12.3. The van der Waals surface area contributed by atoms with Crippen molar-refractivity contribution < 1.29 is 17.9 Å². The van der Waals surface area contributed by atoms with Crippen molar-refractivity contribution in [3.8, 4) is 0 Å². The number of sulfone groups is 1. The molecule has 0 N–H and O–H groups in total. The third-order valence-electron chi connectivity index (χ3n) is 4.80. The van der Waals surface area contributed by atoms with E-state index < -0.39 is 9.84 Å². The van der Waals surface area contributed by atoms with E-state index in [4.69, 9.17) is 4.74 Å². The molecule has 0 bridgehead atoms. The van der Waals surface area contributed by atoms with Crippen molar-refractivity contribution in [2.75, 3.05) is 26.0 Å². The zero-order valence-corrected chi connectivity index (χ0v) is 13.5. The van der Waals surface area contributed by atoms with Crippen molar-refractivity contribution in [3.05, 3.63) is 35.9 Å². The first-order valence-corrected chi connectivity index (χ1v) is 9.26. The summed E-state index contributed by atoms with van der Waals surface area (Å²) < 4.78 is 29.4. The molecular formula is C16H21NO4S. The molecule has 0 unspecified atom stereocenters. The van der Waals surface area contributed by atoms with E-state index in [2.05, 4.69) is 17.0 Å². The van der Waals surface area contributed by atoms with Crippen LogP contribution in [-0.4, -0.2) is 50.5 Å². The van der Waals surface area contributed by atoms with E-state index >= 15 is 0 Å². The number of likely N-dealkylation sites (tertiary alicyclic amines) is 1. The molecule has 1 aromatic carbocycles. The first-order chi connectivity index (χ1) is 10.5. The predicted molar refractivity (Wildman–Crippen MR) is 82.9 cm³/mol. The molecule has 2 heterocycles. The maximum Gasteiger partial charge on any atom is 0.305 e. The number of ether oxygens (including phenoxy) is 1. The lowest BCUT2D eigenvalue weighted by atomic mass is 9.90. The Balaban J connectivity index is 1.71. The number of carbonyl (C=O) groups is 1. The molecule has 3 atom stereocenters. The average Bonchev–Trinajstić information content (AvgIpc) is 3.00. The van der Waals surface area contributed by atoms with Crippen LogP contribution in [0, 0.1) is 11.8 Å². The third kappa shape index (κ3) is 3.03. The Kier molecular flexibility index (Phi) is 4.23. The van der Waals surface area contributed by atoms with E-state index in [9.17, 15) is 13.2 Å². The van der Waals surface area contributed by atoms with E-state index in [1.165, 1.54) is 12.7 Å². The molecule has 0 saturated carbocycles. The predicted octanol–water partition coefficient (Wildman–Crippen LogP) is 1.09. The molecule has 5 nitrogen and oxygen atoms in total. The molecule has 2 aliphatic heterocycles. The summed E-state index contributed by atoms with van der Waals surface area (Å²) in [4.78, 5) is 13.7. The third-order valence-corrected chi connectivity index (χ3v) is 7.12. The van der Waals surface area contributed by atoms with Crippen LogP contribution in [0.15, 0.2) is 30.3 Å². The van der Waals surface area contributed by atoms with Crippen LogP contribution < -0.4 is 0 Å². The van der Waals surface area contributed by atoms with Crippen LogP contribution >= 0.6 is 0 Å². The Morgan fingerprint density at radius 2 is 2.00 bits per heavy atom. The quantitative estimate of drug-likeness (QED) is 0.776. The highest BCUT2D eigenvalue weighted by Crippen LogP contribution is 2.40. The molecule has 1 aromatic rings. The number of benzene rings is 1. The summed E-state index contributed by atoms with van der Waals surface area (Å²) >= 11 is 0. The molecule has 0 aliphatic carbocycles. The first kappa shape index (κ1) is 15.5. The van der Waals surface area contributed by atoms with Gasteiger partial charge in [0, 0.05) is 26.1 Å². The highest BCUT2D eigenvalue weighted by atomic mass is 32.2. The number of carbonyl (C=O) groups excluding carboxylic acids is 1. The van der Waals surface area contributed by atoms with Crippen molar-refractivity contribution in [3.63, 3.8) is 0 Å². The van der Waals surface area contributed by atoms with Crippen molar-refractivity contribution in [2.45, 2.75) is 18.2 Å². The zero-order chi connectivity index (χ0) is 15.7. The smallest absolute Gasteiger partial charge is 0.305 e. The van der Waals surface area contributed by atoms with Crippen LogP contribution in [0.3, 0.4) is 0 Å². The highest BCUT2D eigenvalue weighted by Gasteiger charge is 2.52. The first-order valence-electron chi connectivity index (χ1n) is 7.54. The molecule has 2 saturated heterocycles. The SMILES string of the molecule is COC(=O)C[C@@H]1CS(=O)(=O)[C@H]2CN(Cc3ccccc3)C[C@@H]12. The molecule has 3 rings (SSSR count). The van der Waals surface area contributed by atoms with Gasteiger partial charge in [0.15, 0.2) is 9.84 Å². The average molecular weight is 323 g/mol. The van der Waals surface area contributed by atoms with Gasteiger partial charge in [-0.1, -0.05) is 30.3 Å². The van der Waals surface area contributed by atoms with E-state index in [0.29, 0.717) is 6.54 Å². The molecule has 0 amide bonds. The largest absolute Gasteiger partial charge is 0.469 e. The summed E-state index contributed by atoms with van der Waals surface area (Å²) in [6.07, 6.45) is 0.204. The van der Waals surface area contributed by atoms with Gasteiger partial charge in [0.2, 0.25) is 0 Å². The number of fused-ring (bicyclic) bond motifs is 1. The molecule has 22 heavy (non-hydrogen) atoms. The summed E-state index contributed by atoms with van der Waals surface area (Å²) in [6, 6.07) is 10.0. The number of hydrogen-bond donors (Lipinski definition) is 0. The van der Waals surface area contributed by atoms with Crippen molar-refractivity contribution in [1.82, 2.24) is 4.90 Å². The summed E-state index contributed by atoms with van der Waals surface area (Å²) in [5.74, 6) is -0.255. The Labute approximate surface area is 131 Å². The lowest BCUT2D eigenvalue weighted by molar-refractivity contribution is -0.141. The minimum absolute atomic E-state index is 0.0489. The normalized spacial score (nSPS) is 30.1. The Hall–Kier alpha value is -1.40. The van der Waals surface area contributed by atoms with Gasteiger partial charge in [0.1, 0.15) is 0 Å². The maximum atomic E-state index is 12.3. The second kappa shape index (κ2) is 6.01. The Morgan fingerprint density at radius 3 is 2.68 bits per heavy atom. The number of nitrogens with zero attached hydrogens (tertiary/aromatic N) is 1. The monoisotopic (exact) mass is 323 g/mol. The summed E-state index contributed by atoms with van der Waals surface area (Å²) in [5, 5.41) is -0.328. The molecule has 0 aromatic heterocycles. The standard InChI is InChI=1S/C16H21NO4S/c1-21-16(18)7-13-11-22(19,20)15-10-17(9-14(13)15)8-12-5-3-2-4-6-12/h2-6,13-15H,7-11H2,1H3/t13-,14+,15+/m1/s1. The van der Waals surface area contributed by atoms with E-state index in [-0.39, 0.29) is 35.2 Å². The fourth-order valence-corrected chi connectivity index (χ4v) is 6.22. The minimum Gasteiger partial charge on any atom is -0.469 e. The van der Waals surface area contributed by atoms with Gasteiger partial charge in [0.25, 0.3) is 0 Å². The van der Waals surface area contributed by atoms with Crippen LogP contribution in [0.4, 0.5) is 0 Å². The van der Waals surface area contributed by atoms with Gasteiger partial charge < -0.3 is 4.74 Å². The fourth-order valence-electron chi connectivity index (χ4n) is 3.74. The van der Waals surface area contributed by atoms with E-state index in [0.717, 1.165) is 13.1 Å². The van der Waals surface area contributed by atoms with Gasteiger partial charge in [-0.15, -0.1) is 0 Å². The molecule has 2 fully saturated rings. The van der Waals surface area contributed by atoms with Crippen LogP contribution in [0.2, 0.25) is 0 Å². The van der Waals surface area contributed by atoms with Gasteiger partial charge in [0.05, 0.1) is 18.1 Å². The number of esters is 1. The number of methoxy groups -OCH3 is 1. The molecular weight excluding hydrogens is 302 g/mol. The number of hydrogen-bond acceptors (Lipinski definition) is 5. The van der Waals surface area contributed by atoms with Crippen LogP contribution in [0.25, 0.3) is 0 Å². The van der Waals surface area contributed by atoms with Crippen LogP contribution in [0.1, 0.15) is 12.0 Å². The number of rotatable bonds is 4. The van der Waals surface area contributed by atoms with Crippen molar-refractivity contribution >= 4 is 15.8 Å². The van der Waals surface area contributed by atoms with Gasteiger partial charge >= 0.3 is 5.97 Å². The van der Waals surface area contributed by atoms with Gasteiger partial charge in [-0.25, -0.2) is 8.42 Å². The van der Waals surface area contributed by atoms with Crippen molar-refractivity contribution in [1.29, 1.82) is 0 Å². The molecule has 6 heteroatoms. The second-order valence-corrected chi connectivity index (χ2v) is 8.52. The Bertz CT molecular complexity index is 643. The summed E-state index contributed by atoms with van der Waals surface area (Å²) in [7, 11) is -1.75. The van der Waals surface area contributed by atoms with Crippen molar-refractivity contribution in [2.24, 2.45) is 11.8 Å². The summed E-state index contributed by atoms with van der Waals surface area (Å²) in [5.41, 5.74) is 1.18. The molecule has 120 valence electrons. The lowest BCUT2D eigenvalue weighted by Gasteiger charge is -2.19. The molecule has 0 spiro atoms. The van der Waals surface area contributed by atoms with Gasteiger partial charge in [-0.05, 0) is 17.4 Å². The molecule has 2 aliphatic rings. The fraction of sp³-hybridized carbons (Fsp3) is 0.562. The van der Waals surface area contributed by atoms with Crippen LogP contribution in [-0.2, 0) is 25.9 Å². The van der Waals surface area contributed by atoms with E-state index in [1.807, 2.05) is 18.2 Å². The Morgan fingerprint density at radius 1 is 1.27 bits per heavy atom. The zero-order valence-electron chi connectivity index (χ0n) is 12.6. The van der Waals surface area contributed by atoms with Gasteiger partial charge in [-0.3, -0.25) is 9.69 Å². The van der Waals surface area contributed by atoms with Crippen LogP contribution in [0.5, 0.6) is 0 Å². The van der Waals surface area contributed by atoms with E-state index in [1.54, 1.807) is 0 Å². The topological polar surface area (TPSA) is 63.7 Å².